The van der Waals surface area contributed by atoms with Crippen LogP contribution in [0, 0.1) is 5.92 Å². The minimum Gasteiger partial charge on any atom is -0.378 e. The van der Waals surface area contributed by atoms with Crippen LogP contribution in [0.4, 0.5) is 5.69 Å². The summed E-state index contributed by atoms with van der Waals surface area (Å²) in [5.41, 5.74) is 7.11. The monoisotopic (exact) mass is 341 g/mol. The van der Waals surface area contributed by atoms with E-state index in [2.05, 4.69) is 5.32 Å². The summed E-state index contributed by atoms with van der Waals surface area (Å²) in [5, 5.41) is 2.81. The molecule has 1 aliphatic heterocycles. The number of nitrogens with one attached hydrogen (secondary N) is 1. The highest BCUT2D eigenvalue weighted by atomic mass is 35.5. The minimum atomic E-state index is -0.220. The first-order valence-electron chi connectivity index (χ1n) is 7.55. The smallest absolute Gasteiger partial charge is 0.228 e. The van der Waals surface area contributed by atoms with Gasteiger partial charge in [-0.25, -0.2) is 0 Å². The van der Waals surface area contributed by atoms with E-state index in [1.165, 1.54) is 0 Å². The van der Waals surface area contributed by atoms with Gasteiger partial charge in [0.1, 0.15) is 0 Å². The molecule has 2 rings (SSSR count). The molecule has 0 saturated carbocycles. The van der Waals surface area contributed by atoms with Gasteiger partial charge in [0.2, 0.25) is 11.8 Å². The molecule has 7 heteroatoms. The van der Waals surface area contributed by atoms with Crippen molar-refractivity contribution in [3.63, 3.8) is 0 Å². The van der Waals surface area contributed by atoms with Crippen LogP contribution in [-0.4, -0.2) is 49.6 Å². The van der Waals surface area contributed by atoms with Crippen LogP contribution in [0.25, 0.3) is 0 Å². The van der Waals surface area contributed by atoms with Gasteiger partial charge in [-0.2, -0.15) is 0 Å². The molecule has 1 aromatic carbocycles. The first kappa shape index (κ1) is 19.4. The molecule has 0 bridgehead atoms. The second-order valence-corrected chi connectivity index (χ2v) is 5.49. The van der Waals surface area contributed by atoms with Crippen LogP contribution in [0.5, 0.6) is 0 Å². The number of rotatable bonds is 5. The van der Waals surface area contributed by atoms with Gasteiger partial charge in [-0.05, 0) is 17.7 Å². The molecule has 1 aliphatic rings. The number of carbonyl (C=O) groups is 2. The molecule has 0 aliphatic carbocycles. The highest BCUT2D eigenvalue weighted by molar-refractivity contribution is 5.92. The van der Waals surface area contributed by atoms with E-state index in [9.17, 15) is 9.59 Å². The zero-order valence-corrected chi connectivity index (χ0v) is 14.1. The summed E-state index contributed by atoms with van der Waals surface area (Å²) in [6.45, 7) is 4.63. The third kappa shape index (κ3) is 5.82. The van der Waals surface area contributed by atoms with Crippen molar-refractivity contribution in [1.82, 2.24) is 4.90 Å². The van der Waals surface area contributed by atoms with Crippen molar-refractivity contribution in [2.24, 2.45) is 11.7 Å². The number of hydrogen-bond acceptors (Lipinski definition) is 4. The van der Waals surface area contributed by atoms with Crippen molar-refractivity contribution in [2.75, 3.05) is 38.2 Å². The Labute approximate surface area is 142 Å². The molecule has 1 saturated heterocycles. The standard InChI is InChI=1S/C16H23N3O3.ClH/c1-12(11-17)16(21)18-14-4-2-13(3-5-14)10-15(20)19-6-8-22-9-7-19;/h2-5,12H,6-11,17H2,1H3,(H,18,21);1H. The van der Waals surface area contributed by atoms with Gasteiger partial charge >= 0.3 is 0 Å². The zero-order valence-electron chi connectivity index (χ0n) is 13.3. The minimum absolute atomic E-state index is 0. The maximum atomic E-state index is 12.1. The lowest BCUT2D eigenvalue weighted by atomic mass is 10.1. The number of amides is 2. The van der Waals surface area contributed by atoms with Crippen LogP contribution < -0.4 is 11.1 Å². The molecular weight excluding hydrogens is 318 g/mol. The number of hydrogen-bond donors (Lipinski definition) is 2. The Balaban J connectivity index is 0.00000264. The maximum Gasteiger partial charge on any atom is 0.228 e. The Morgan fingerprint density at radius 3 is 2.43 bits per heavy atom. The van der Waals surface area contributed by atoms with E-state index >= 15 is 0 Å². The fourth-order valence-corrected chi connectivity index (χ4v) is 2.18. The molecule has 1 atom stereocenters. The van der Waals surface area contributed by atoms with Gasteiger partial charge in [-0.1, -0.05) is 19.1 Å². The summed E-state index contributed by atoms with van der Waals surface area (Å²) < 4.78 is 5.24. The number of carbonyl (C=O) groups excluding carboxylic acids is 2. The lowest BCUT2D eigenvalue weighted by Crippen LogP contribution is -2.41. The van der Waals surface area contributed by atoms with Crippen molar-refractivity contribution < 1.29 is 14.3 Å². The lowest BCUT2D eigenvalue weighted by Gasteiger charge is -2.26. The molecule has 2 amide bonds. The van der Waals surface area contributed by atoms with E-state index in [4.69, 9.17) is 10.5 Å². The first-order valence-corrected chi connectivity index (χ1v) is 7.55. The van der Waals surface area contributed by atoms with Crippen molar-refractivity contribution in [2.45, 2.75) is 13.3 Å². The zero-order chi connectivity index (χ0) is 15.9. The fraction of sp³-hybridized carbons (Fsp3) is 0.500. The second-order valence-electron chi connectivity index (χ2n) is 5.49. The molecule has 1 heterocycles. The number of nitrogens with two attached hydrogens (primary N) is 1. The molecule has 0 spiro atoms. The van der Waals surface area contributed by atoms with Gasteiger partial charge in [0.15, 0.2) is 0 Å². The van der Waals surface area contributed by atoms with Crippen molar-refractivity contribution in [1.29, 1.82) is 0 Å². The Morgan fingerprint density at radius 1 is 1.26 bits per heavy atom. The van der Waals surface area contributed by atoms with Gasteiger partial charge in [-0.3, -0.25) is 9.59 Å². The quantitative estimate of drug-likeness (QED) is 0.838. The Hall–Kier alpha value is -1.63. The summed E-state index contributed by atoms with van der Waals surface area (Å²) >= 11 is 0. The summed E-state index contributed by atoms with van der Waals surface area (Å²) in [6, 6.07) is 7.34. The molecule has 1 aromatic rings. The molecule has 128 valence electrons. The highest BCUT2D eigenvalue weighted by Crippen LogP contribution is 2.12. The fourth-order valence-electron chi connectivity index (χ4n) is 2.18. The van der Waals surface area contributed by atoms with E-state index in [1.807, 2.05) is 29.2 Å². The molecule has 6 nitrogen and oxygen atoms in total. The van der Waals surface area contributed by atoms with Crippen molar-refractivity contribution >= 4 is 29.9 Å². The van der Waals surface area contributed by atoms with Gasteiger partial charge in [-0.15, -0.1) is 12.4 Å². The molecule has 1 unspecified atom stereocenters. The summed E-state index contributed by atoms with van der Waals surface area (Å²) in [5.74, 6) is -0.209. The van der Waals surface area contributed by atoms with E-state index in [1.54, 1.807) is 6.92 Å². The van der Waals surface area contributed by atoms with Crippen LogP contribution in [-0.2, 0) is 20.7 Å². The van der Waals surface area contributed by atoms with Gasteiger partial charge < -0.3 is 20.7 Å². The number of morpholine rings is 1. The summed E-state index contributed by atoms with van der Waals surface area (Å²) in [4.78, 5) is 25.7. The molecule has 0 radical (unpaired) electrons. The average Bonchev–Trinajstić information content (AvgIpc) is 2.56. The molecule has 0 aromatic heterocycles. The molecular formula is C16H24ClN3O3. The average molecular weight is 342 g/mol. The first-order chi connectivity index (χ1) is 10.6. The largest absolute Gasteiger partial charge is 0.378 e. The number of benzene rings is 1. The van der Waals surface area contributed by atoms with Crippen LogP contribution in [0.1, 0.15) is 12.5 Å². The SMILES string of the molecule is CC(CN)C(=O)Nc1ccc(CC(=O)N2CCOCC2)cc1.Cl. The number of nitrogens with zero attached hydrogens (tertiary/aromatic N) is 1. The van der Waals surface area contributed by atoms with Gasteiger partial charge in [0.05, 0.1) is 19.6 Å². The van der Waals surface area contributed by atoms with Crippen LogP contribution in [0.3, 0.4) is 0 Å². The Morgan fingerprint density at radius 2 is 1.87 bits per heavy atom. The van der Waals surface area contributed by atoms with Gasteiger partial charge in [0, 0.05) is 31.2 Å². The van der Waals surface area contributed by atoms with Gasteiger partial charge in [0.25, 0.3) is 0 Å². The summed E-state index contributed by atoms with van der Waals surface area (Å²) in [7, 11) is 0. The predicted octanol–water partition coefficient (Wildman–Crippen LogP) is 1.04. The number of anilines is 1. The Kier molecular flexibility index (Phi) is 8.02. The van der Waals surface area contributed by atoms with E-state index in [0.29, 0.717) is 45.0 Å². The molecule has 3 N–H and O–H groups in total. The normalized spacial score (nSPS) is 15.5. The van der Waals surface area contributed by atoms with Crippen molar-refractivity contribution in [3.05, 3.63) is 29.8 Å². The lowest BCUT2D eigenvalue weighted by molar-refractivity contribution is -0.134. The number of halogens is 1. The maximum absolute atomic E-state index is 12.1. The third-order valence-corrected chi connectivity index (χ3v) is 3.74. The van der Waals surface area contributed by atoms with Crippen LogP contribution in [0.2, 0.25) is 0 Å². The topological polar surface area (TPSA) is 84.7 Å². The van der Waals surface area contributed by atoms with E-state index in [0.717, 1.165) is 5.56 Å². The number of ether oxygens (including phenoxy) is 1. The highest BCUT2D eigenvalue weighted by Gasteiger charge is 2.17. The van der Waals surface area contributed by atoms with E-state index in [-0.39, 0.29) is 30.1 Å². The van der Waals surface area contributed by atoms with Crippen molar-refractivity contribution in [3.8, 4) is 0 Å². The summed E-state index contributed by atoms with van der Waals surface area (Å²) in [6.07, 6.45) is 0.368. The third-order valence-electron chi connectivity index (χ3n) is 3.74. The van der Waals surface area contributed by atoms with Crippen LogP contribution >= 0.6 is 12.4 Å². The second kappa shape index (κ2) is 9.50. The van der Waals surface area contributed by atoms with Crippen LogP contribution in [0.15, 0.2) is 24.3 Å². The van der Waals surface area contributed by atoms with E-state index < -0.39 is 0 Å². The predicted molar refractivity (Wildman–Crippen MR) is 91.6 cm³/mol. The molecule has 1 fully saturated rings. The Bertz CT molecular complexity index is 516. The molecule has 23 heavy (non-hydrogen) atoms.